The Bertz CT molecular complexity index is 584. The molecule has 0 radical (unpaired) electrons. The Morgan fingerprint density at radius 3 is 2.53 bits per heavy atom. The van der Waals surface area contributed by atoms with E-state index in [0.717, 1.165) is 5.56 Å². The molecular formula is C13H18N2O3S. The molecule has 6 heteroatoms. The van der Waals surface area contributed by atoms with Crippen molar-refractivity contribution in [1.82, 2.24) is 4.31 Å². The van der Waals surface area contributed by atoms with E-state index in [2.05, 4.69) is 0 Å². The molecule has 1 saturated carbocycles. The predicted molar refractivity (Wildman–Crippen MR) is 70.9 cm³/mol. The fraction of sp³-hybridized carbons (Fsp3) is 0.538. The van der Waals surface area contributed by atoms with Gasteiger partial charge in [0.05, 0.1) is 10.9 Å². The van der Waals surface area contributed by atoms with Crippen LogP contribution in [0.2, 0.25) is 0 Å². The molecule has 0 bridgehead atoms. The second-order valence-electron chi connectivity index (χ2n) is 5.47. The zero-order chi connectivity index (χ0) is 13.8. The Morgan fingerprint density at radius 1 is 1.32 bits per heavy atom. The highest BCUT2D eigenvalue weighted by atomic mass is 32.2. The summed E-state index contributed by atoms with van der Waals surface area (Å²) >= 11 is 0. The van der Waals surface area contributed by atoms with Gasteiger partial charge in [0.1, 0.15) is 0 Å². The van der Waals surface area contributed by atoms with Crippen LogP contribution >= 0.6 is 0 Å². The molecule has 2 fully saturated rings. The standard InChI is InChI=1S/C13H18N2O3S/c1-8-2-4-10(5-3-8)19(17,18)15-12-9(7-16)6-11(14)13(12)15/h2-5,9,11-13,16H,6-7,14H2,1H3/t9-,11-,12-,13+,15?/m0/s1. The molecule has 5 atom stereocenters. The van der Waals surface area contributed by atoms with Crippen LogP contribution in [-0.4, -0.2) is 42.6 Å². The van der Waals surface area contributed by atoms with E-state index in [9.17, 15) is 13.5 Å². The van der Waals surface area contributed by atoms with Gasteiger partial charge in [-0.2, -0.15) is 4.31 Å². The molecule has 1 aliphatic heterocycles. The van der Waals surface area contributed by atoms with E-state index in [4.69, 9.17) is 5.73 Å². The van der Waals surface area contributed by atoms with Crippen molar-refractivity contribution < 1.29 is 13.5 Å². The summed E-state index contributed by atoms with van der Waals surface area (Å²) in [5.74, 6) is -0.0276. The van der Waals surface area contributed by atoms with Gasteiger partial charge in [0.2, 0.25) is 10.0 Å². The molecule has 5 nitrogen and oxygen atoms in total. The van der Waals surface area contributed by atoms with Crippen LogP contribution in [-0.2, 0) is 10.0 Å². The van der Waals surface area contributed by atoms with E-state index in [-0.39, 0.29) is 30.7 Å². The van der Waals surface area contributed by atoms with Crippen molar-refractivity contribution in [1.29, 1.82) is 0 Å². The lowest BCUT2D eigenvalue weighted by atomic mass is 10.1. The van der Waals surface area contributed by atoms with E-state index in [1.54, 1.807) is 24.3 Å². The van der Waals surface area contributed by atoms with Crippen molar-refractivity contribution in [3.8, 4) is 0 Å². The molecule has 1 aromatic carbocycles. The summed E-state index contributed by atoms with van der Waals surface area (Å²) in [5, 5.41) is 9.29. The van der Waals surface area contributed by atoms with Crippen molar-refractivity contribution >= 4 is 10.0 Å². The quantitative estimate of drug-likeness (QED) is 0.769. The van der Waals surface area contributed by atoms with Gasteiger partial charge in [-0.05, 0) is 25.5 Å². The third-order valence-electron chi connectivity index (χ3n) is 4.18. The average molecular weight is 282 g/mol. The summed E-state index contributed by atoms with van der Waals surface area (Å²) in [5.41, 5.74) is 6.98. The highest BCUT2D eigenvalue weighted by molar-refractivity contribution is 7.89. The van der Waals surface area contributed by atoms with Gasteiger partial charge in [0, 0.05) is 24.6 Å². The van der Waals surface area contributed by atoms with Crippen LogP contribution in [0, 0.1) is 12.8 Å². The summed E-state index contributed by atoms with van der Waals surface area (Å²) < 4.78 is 26.5. The van der Waals surface area contributed by atoms with Crippen LogP contribution in [0.3, 0.4) is 0 Å². The van der Waals surface area contributed by atoms with Crippen LogP contribution in [0.4, 0.5) is 0 Å². The van der Waals surface area contributed by atoms with Crippen LogP contribution in [0.1, 0.15) is 12.0 Å². The Morgan fingerprint density at radius 2 is 1.95 bits per heavy atom. The Hall–Kier alpha value is -0.950. The molecule has 0 aromatic heterocycles. The largest absolute Gasteiger partial charge is 0.396 e. The smallest absolute Gasteiger partial charge is 0.243 e. The molecule has 104 valence electrons. The molecule has 0 amide bonds. The van der Waals surface area contributed by atoms with Crippen LogP contribution in [0.5, 0.6) is 0 Å². The number of piperidine rings is 1. The van der Waals surface area contributed by atoms with Gasteiger partial charge in [-0.3, -0.25) is 0 Å². The number of aliphatic hydroxyl groups excluding tert-OH is 1. The van der Waals surface area contributed by atoms with Gasteiger partial charge in [0.15, 0.2) is 0 Å². The van der Waals surface area contributed by atoms with Gasteiger partial charge in [-0.25, -0.2) is 8.42 Å². The van der Waals surface area contributed by atoms with Crippen molar-refractivity contribution in [2.24, 2.45) is 11.7 Å². The van der Waals surface area contributed by atoms with Gasteiger partial charge in [0.25, 0.3) is 0 Å². The number of nitrogens with zero attached hydrogens (tertiary/aromatic N) is 1. The summed E-state index contributed by atoms with van der Waals surface area (Å²) in [6, 6.07) is 6.40. The van der Waals surface area contributed by atoms with Crippen LogP contribution in [0.15, 0.2) is 29.2 Å². The van der Waals surface area contributed by atoms with E-state index in [1.165, 1.54) is 4.31 Å². The van der Waals surface area contributed by atoms with E-state index in [0.29, 0.717) is 11.3 Å². The van der Waals surface area contributed by atoms with E-state index < -0.39 is 10.0 Å². The van der Waals surface area contributed by atoms with Crippen molar-refractivity contribution in [2.75, 3.05) is 6.61 Å². The molecule has 3 rings (SSSR count). The molecule has 1 heterocycles. The van der Waals surface area contributed by atoms with Crippen LogP contribution < -0.4 is 5.73 Å². The highest BCUT2D eigenvalue weighted by Gasteiger charge is 2.65. The van der Waals surface area contributed by atoms with Gasteiger partial charge < -0.3 is 10.8 Å². The number of rotatable bonds is 3. The first kappa shape index (κ1) is 13.1. The summed E-state index contributed by atoms with van der Waals surface area (Å²) in [6.45, 7) is 1.91. The molecule has 1 saturated heterocycles. The summed E-state index contributed by atoms with van der Waals surface area (Å²) in [4.78, 5) is 0.302. The number of aliphatic hydroxyl groups is 1. The number of aryl methyl sites for hydroxylation is 1. The molecule has 2 aliphatic rings. The molecule has 3 N–H and O–H groups in total. The Labute approximate surface area is 113 Å². The summed E-state index contributed by atoms with van der Waals surface area (Å²) in [6.07, 6.45) is 0.700. The van der Waals surface area contributed by atoms with E-state index in [1.807, 2.05) is 6.92 Å². The minimum atomic E-state index is -3.48. The second-order valence-corrected chi connectivity index (χ2v) is 7.31. The molecule has 1 unspecified atom stereocenters. The Balaban J connectivity index is 1.90. The third kappa shape index (κ3) is 1.90. The van der Waals surface area contributed by atoms with Gasteiger partial charge in [-0.15, -0.1) is 0 Å². The minimum Gasteiger partial charge on any atom is -0.396 e. The maximum Gasteiger partial charge on any atom is 0.243 e. The molecule has 1 aromatic rings. The van der Waals surface area contributed by atoms with Crippen molar-refractivity contribution in [2.45, 2.75) is 36.4 Å². The number of hydrogen-bond donors (Lipinski definition) is 2. The number of nitrogens with two attached hydrogens (primary N) is 1. The maximum atomic E-state index is 12.5. The first-order valence-corrected chi connectivity index (χ1v) is 7.87. The number of hydrogen-bond acceptors (Lipinski definition) is 4. The zero-order valence-electron chi connectivity index (χ0n) is 10.7. The zero-order valence-corrected chi connectivity index (χ0v) is 11.5. The normalized spacial score (nSPS) is 37.1. The van der Waals surface area contributed by atoms with Crippen molar-refractivity contribution in [3.63, 3.8) is 0 Å². The van der Waals surface area contributed by atoms with Crippen LogP contribution in [0.25, 0.3) is 0 Å². The lowest BCUT2D eigenvalue weighted by Gasteiger charge is -2.17. The average Bonchev–Trinajstić information content (AvgIpc) is 3.05. The summed E-state index contributed by atoms with van der Waals surface area (Å²) in [7, 11) is -3.48. The lowest BCUT2D eigenvalue weighted by molar-refractivity contribution is 0.213. The first-order chi connectivity index (χ1) is 8.96. The molecule has 1 aliphatic carbocycles. The number of benzene rings is 1. The molecular weight excluding hydrogens is 264 g/mol. The predicted octanol–water partition coefficient (Wildman–Crippen LogP) is 0.0760. The number of sulfonamides is 1. The monoisotopic (exact) mass is 282 g/mol. The maximum absolute atomic E-state index is 12.5. The molecule has 19 heavy (non-hydrogen) atoms. The van der Waals surface area contributed by atoms with E-state index >= 15 is 0 Å². The SMILES string of the molecule is Cc1ccc(S(=O)(=O)N2[C@H]3[C@H](CO)C[C@H](N)[C@H]32)cc1. The third-order valence-corrected chi connectivity index (χ3v) is 6.09. The fourth-order valence-electron chi connectivity index (χ4n) is 3.14. The van der Waals surface area contributed by atoms with Gasteiger partial charge >= 0.3 is 0 Å². The topological polar surface area (TPSA) is 83.4 Å². The minimum absolute atomic E-state index is 0.00517. The highest BCUT2D eigenvalue weighted by Crippen LogP contribution is 2.48. The second kappa shape index (κ2) is 4.28. The fourth-order valence-corrected chi connectivity index (χ4v) is 5.03. The van der Waals surface area contributed by atoms with Crippen molar-refractivity contribution in [3.05, 3.63) is 29.8 Å². The number of fused-ring (bicyclic) bond motifs is 1. The molecule has 0 spiro atoms. The Kier molecular flexibility index (Phi) is 2.94. The first-order valence-electron chi connectivity index (χ1n) is 6.43. The lowest BCUT2D eigenvalue weighted by Crippen LogP contribution is -2.32. The van der Waals surface area contributed by atoms with Gasteiger partial charge in [-0.1, -0.05) is 17.7 Å².